The van der Waals surface area contributed by atoms with Crippen molar-refractivity contribution in [2.75, 3.05) is 0 Å². The first-order valence-electron chi connectivity index (χ1n) is 5.77. The Hall–Kier alpha value is -1.26. The number of benzene rings is 1. The first kappa shape index (κ1) is 14.2. The summed E-state index contributed by atoms with van der Waals surface area (Å²) in [6.45, 7) is 7.57. The maximum Gasteiger partial charge on any atom is 0.442 e. The van der Waals surface area contributed by atoms with Crippen LogP contribution in [0.4, 0.5) is 0 Å². The van der Waals surface area contributed by atoms with Crippen LogP contribution >= 0.6 is 23.2 Å². The van der Waals surface area contributed by atoms with Crippen molar-refractivity contribution < 1.29 is 4.42 Å². The van der Waals surface area contributed by atoms with Crippen molar-refractivity contribution in [2.24, 2.45) is 0 Å². The summed E-state index contributed by atoms with van der Waals surface area (Å²) in [4.78, 5) is 11.9. The van der Waals surface area contributed by atoms with Crippen LogP contribution in [-0.2, 0) is 5.41 Å². The van der Waals surface area contributed by atoms with Gasteiger partial charge in [0, 0.05) is 10.4 Å². The summed E-state index contributed by atoms with van der Waals surface area (Å²) in [5, 5.41) is 5.09. The van der Waals surface area contributed by atoms with Crippen LogP contribution in [0.5, 0.6) is 0 Å². The predicted octanol–water partition coefficient (Wildman–Crippen LogP) is 3.74. The Labute approximate surface area is 120 Å². The fraction of sp³-hybridized carbons (Fsp3) is 0.385. The van der Waals surface area contributed by atoms with Crippen molar-refractivity contribution in [1.82, 2.24) is 9.78 Å². The maximum atomic E-state index is 11.9. The molecule has 0 unspecified atom stereocenters. The van der Waals surface area contributed by atoms with E-state index in [-0.39, 0.29) is 5.41 Å². The van der Waals surface area contributed by atoms with E-state index in [2.05, 4.69) is 5.10 Å². The van der Waals surface area contributed by atoms with E-state index in [1.807, 2.05) is 27.7 Å². The van der Waals surface area contributed by atoms with Gasteiger partial charge in [-0.25, -0.2) is 4.79 Å². The van der Waals surface area contributed by atoms with Gasteiger partial charge in [0.2, 0.25) is 5.89 Å². The van der Waals surface area contributed by atoms with Crippen LogP contribution in [0.3, 0.4) is 0 Å². The lowest BCUT2D eigenvalue weighted by molar-refractivity contribution is 0.375. The Morgan fingerprint density at radius 3 is 2.37 bits per heavy atom. The third-order valence-electron chi connectivity index (χ3n) is 2.65. The van der Waals surface area contributed by atoms with E-state index in [4.69, 9.17) is 27.6 Å². The number of aromatic nitrogens is 2. The third kappa shape index (κ3) is 2.69. The van der Waals surface area contributed by atoms with E-state index in [0.29, 0.717) is 21.6 Å². The second-order valence-corrected chi connectivity index (χ2v) is 6.20. The lowest BCUT2D eigenvalue weighted by Gasteiger charge is -2.11. The predicted molar refractivity (Wildman–Crippen MR) is 75.6 cm³/mol. The summed E-state index contributed by atoms with van der Waals surface area (Å²) < 4.78 is 6.32. The van der Waals surface area contributed by atoms with Gasteiger partial charge in [-0.3, -0.25) is 0 Å². The minimum Gasteiger partial charge on any atom is -0.391 e. The molecule has 0 amide bonds. The van der Waals surface area contributed by atoms with Crippen LogP contribution in [0.15, 0.2) is 21.3 Å². The zero-order valence-corrected chi connectivity index (χ0v) is 12.6. The highest BCUT2D eigenvalue weighted by Crippen LogP contribution is 2.27. The van der Waals surface area contributed by atoms with E-state index in [0.717, 1.165) is 10.2 Å². The van der Waals surface area contributed by atoms with Gasteiger partial charge in [-0.05, 0) is 24.6 Å². The molecule has 1 aromatic heterocycles. The molecule has 0 saturated heterocycles. The minimum atomic E-state index is -0.562. The van der Waals surface area contributed by atoms with Crippen molar-refractivity contribution in [3.05, 3.63) is 44.2 Å². The first-order chi connectivity index (χ1) is 8.70. The van der Waals surface area contributed by atoms with Gasteiger partial charge in [0.15, 0.2) is 0 Å². The standard InChI is InChI=1S/C13H14Cl2N2O2/c1-7-5-10(9(15)6-8(7)14)17-12(18)19-11(16-17)13(2,3)4/h5-6H,1-4H3. The molecule has 0 radical (unpaired) electrons. The number of halogens is 2. The third-order valence-corrected chi connectivity index (χ3v) is 3.36. The lowest BCUT2D eigenvalue weighted by atomic mass is 9.97. The zero-order valence-electron chi connectivity index (χ0n) is 11.1. The molecular formula is C13H14Cl2N2O2. The van der Waals surface area contributed by atoms with E-state index >= 15 is 0 Å². The van der Waals surface area contributed by atoms with E-state index < -0.39 is 5.76 Å². The molecule has 0 saturated carbocycles. The van der Waals surface area contributed by atoms with Gasteiger partial charge in [-0.1, -0.05) is 44.0 Å². The molecule has 0 aliphatic carbocycles. The molecule has 19 heavy (non-hydrogen) atoms. The SMILES string of the molecule is Cc1cc(-n2nc(C(C)(C)C)oc2=O)c(Cl)cc1Cl. The van der Waals surface area contributed by atoms with Crippen LogP contribution < -0.4 is 5.76 Å². The zero-order chi connectivity index (χ0) is 14.4. The lowest BCUT2D eigenvalue weighted by Crippen LogP contribution is -2.15. The molecule has 0 N–H and O–H groups in total. The van der Waals surface area contributed by atoms with Gasteiger partial charge in [0.25, 0.3) is 0 Å². The number of hydrogen-bond donors (Lipinski definition) is 0. The fourth-order valence-electron chi connectivity index (χ4n) is 1.54. The van der Waals surface area contributed by atoms with E-state index in [9.17, 15) is 4.79 Å². The Balaban J connectivity index is 2.64. The fourth-order valence-corrected chi connectivity index (χ4v) is 2.00. The molecule has 0 aliphatic heterocycles. The number of hydrogen-bond acceptors (Lipinski definition) is 3. The summed E-state index contributed by atoms with van der Waals surface area (Å²) in [6.07, 6.45) is 0. The molecule has 2 aromatic rings. The number of nitrogens with zero attached hydrogens (tertiary/aromatic N) is 2. The average Bonchev–Trinajstić information content (AvgIpc) is 2.65. The van der Waals surface area contributed by atoms with Crippen molar-refractivity contribution >= 4 is 23.2 Å². The molecular weight excluding hydrogens is 287 g/mol. The Morgan fingerprint density at radius 2 is 1.84 bits per heavy atom. The summed E-state index contributed by atoms with van der Waals surface area (Å²) in [7, 11) is 0. The smallest absolute Gasteiger partial charge is 0.391 e. The van der Waals surface area contributed by atoms with E-state index in [1.165, 1.54) is 0 Å². The molecule has 0 atom stereocenters. The highest BCUT2D eigenvalue weighted by molar-refractivity contribution is 6.36. The Morgan fingerprint density at radius 1 is 1.21 bits per heavy atom. The second kappa shape index (κ2) is 4.69. The molecule has 4 nitrogen and oxygen atoms in total. The minimum absolute atomic E-state index is 0.349. The molecule has 0 spiro atoms. The normalized spacial score (nSPS) is 11.9. The first-order valence-corrected chi connectivity index (χ1v) is 6.52. The Kier molecular flexibility index (Phi) is 3.49. The number of rotatable bonds is 1. The number of aryl methyl sites for hydroxylation is 1. The topological polar surface area (TPSA) is 48.0 Å². The van der Waals surface area contributed by atoms with Crippen LogP contribution in [-0.4, -0.2) is 9.78 Å². The monoisotopic (exact) mass is 300 g/mol. The van der Waals surface area contributed by atoms with Gasteiger partial charge >= 0.3 is 5.76 Å². The van der Waals surface area contributed by atoms with Gasteiger partial charge in [0.05, 0.1) is 10.7 Å². The summed E-state index contributed by atoms with van der Waals surface area (Å²) in [5.74, 6) is -0.199. The van der Waals surface area contributed by atoms with Crippen LogP contribution in [0, 0.1) is 6.92 Å². The summed E-state index contributed by atoms with van der Waals surface area (Å²) in [5.41, 5.74) is 0.930. The van der Waals surface area contributed by atoms with Crippen molar-refractivity contribution in [3.63, 3.8) is 0 Å². The van der Waals surface area contributed by atoms with Gasteiger partial charge in [0.1, 0.15) is 0 Å². The molecule has 0 fully saturated rings. The van der Waals surface area contributed by atoms with Gasteiger partial charge < -0.3 is 4.42 Å². The molecule has 6 heteroatoms. The highest BCUT2D eigenvalue weighted by atomic mass is 35.5. The largest absolute Gasteiger partial charge is 0.442 e. The van der Waals surface area contributed by atoms with Crippen molar-refractivity contribution in [2.45, 2.75) is 33.1 Å². The second-order valence-electron chi connectivity index (χ2n) is 5.39. The van der Waals surface area contributed by atoms with Gasteiger partial charge in [-0.15, -0.1) is 5.10 Å². The van der Waals surface area contributed by atoms with Gasteiger partial charge in [-0.2, -0.15) is 4.68 Å². The molecule has 0 aliphatic rings. The molecule has 1 aromatic carbocycles. The quantitative estimate of drug-likeness (QED) is 0.806. The molecule has 0 bridgehead atoms. The van der Waals surface area contributed by atoms with E-state index in [1.54, 1.807) is 12.1 Å². The maximum absolute atomic E-state index is 11.9. The average molecular weight is 301 g/mol. The van der Waals surface area contributed by atoms with Crippen LogP contribution in [0.25, 0.3) is 5.69 Å². The van der Waals surface area contributed by atoms with Crippen LogP contribution in [0.1, 0.15) is 32.2 Å². The van der Waals surface area contributed by atoms with Crippen molar-refractivity contribution in [1.29, 1.82) is 0 Å². The Bertz CT molecular complexity index is 681. The molecule has 2 rings (SSSR count). The van der Waals surface area contributed by atoms with Crippen molar-refractivity contribution in [3.8, 4) is 5.69 Å². The van der Waals surface area contributed by atoms with Crippen LogP contribution in [0.2, 0.25) is 10.0 Å². The highest BCUT2D eigenvalue weighted by Gasteiger charge is 2.23. The molecule has 102 valence electrons. The summed E-state index contributed by atoms with van der Waals surface area (Å²) in [6, 6.07) is 3.30. The summed E-state index contributed by atoms with van der Waals surface area (Å²) >= 11 is 12.1. The molecule has 1 heterocycles.